The summed E-state index contributed by atoms with van der Waals surface area (Å²) in [6.45, 7) is 0. The van der Waals surface area contributed by atoms with Gasteiger partial charge in [0, 0.05) is 11.3 Å². The van der Waals surface area contributed by atoms with E-state index in [1.54, 1.807) is 41.3 Å². The Balaban J connectivity index is 1.49. The van der Waals surface area contributed by atoms with Crippen LogP contribution in [0.25, 0.3) is 26.8 Å². The first-order valence-electron chi connectivity index (χ1n) is 9.64. The molecule has 0 aliphatic heterocycles. The summed E-state index contributed by atoms with van der Waals surface area (Å²) >= 11 is 8.60. The van der Waals surface area contributed by atoms with Gasteiger partial charge in [-0.2, -0.15) is 0 Å². The summed E-state index contributed by atoms with van der Waals surface area (Å²) in [5, 5.41) is 3.37. The van der Waals surface area contributed by atoms with Crippen LogP contribution in [0.2, 0.25) is 0 Å². The summed E-state index contributed by atoms with van der Waals surface area (Å²) in [6.07, 6.45) is 1.99. The van der Waals surface area contributed by atoms with E-state index in [0.29, 0.717) is 27.8 Å². The molecule has 1 amide bonds. The Hall–Kier alpha value is -3.27. The number of fused-ring (bicyclic) bond motifs is 2. The number of aromatic amines is 1. The maximum Gasteiger partial charge on any atom is 0.266 e. The maximum atomic E-state index is 13.0. The van der Waals surface area contributed by atoms with Crippen LogP contribution in [0.15, 0.2) is 75.9 Å². The van der Waals surface area contributed by atoms with Gasteiger partial charge in [-0.1, -0.05) is 30.0 Å². The number of hydrogen-bond donors (Lipinski definition) is 2. The molecule has 0 saturated carbocycles. The lowest BCUT2D eigenvalue weighted by atomic mass is 10.1. The number of H-pyrrole nitrogens is 1. The van der Waals surface area contributed by atoms with Crippen molar-refractivity contribution in [2.75, 3.05) is 11.6 Å². The number of nitrogens with zero attached hydrogens (tertiary/aromatic N) is 2. The first kappa shape index (κ1) is 20.6. The lowest BCUT2D eigenvalue weighted by Gasteiger charge is -2.10. The zero-order valence-corrected chi connectivity index (χ0v) is 19.2. The van der Waals surface area contributed by atoms with Gasteiger partial charge in [-0.25, -0.2) is 4.98 Å². The molecule has 0 fully saturated rings. The molecule has 0 spiro atoms. The lowest BCUT2D eigenvalue weighted by Crippen LogP contribution is -2.21. The van der Waals surface area contributed by atoms with Crippen molar-refractivity contribution in [1.82, 2.24) is 14.5 Å². The summed E-state index contributed by atoms with van der Waals surface area (Å²) in [6, 6.07) is 19.8. The molecule has 0 bridgehead atoms. The van der Waals surface area contributed by atoms with Crippen molar-refractivity contribution in [3.8, 4) is 5.69 Å². The molecule has 0 atom stereocenters. The molecule has 5 rings (SSSR count). The van der Waals surface area contributed by atoms with E-state index in [1.165, 1.54) is 4.57 Å². The molecule has 9 heteroatoms. The van der Waals surface area contributed by atoms with Crippen molar-refractivity contribution < 1.29 is 4.79 Å². The van der Waals surface area contributed by atoms with E-state index in [-0.39, 0.29) is 16.2 Å². The predicted molar refractivity (Wildman–Crippen MR) is 134 cm³/mol. The monoisotopic (exact) mass is 476 g/mol. The third-order valence-corrected chi connectivity index (χ3v) is 7.26. The normalized spacial score (nSPS) is 11.2. The van der Waals surface area contributed by atoms with Gasteiger partial charge in [0.25, 0.3) is 11.5 Å². The van der Waals surface area contributed by atoms with Crippen LogP contribution in [0.4, 0.5) is 5.69 Å². The number of nitrogens with one attached hydrogen (secondary N) is 2. The third-order valence-electron chi connectivity index (χ3n) is 4.98. The highest BCUT2D eigenvalue weighted by molar-refractivity contribution is 8.00. The number of thiazole rings is 1. The van der Waals surface area contributed by atoms with Gasteiger partial charge in [0.05, 0.1) is 26.8 Å². The summed E-state index contributed by atoms with van der Waals surface area (Å²) in [5.74, 6) is -0.271. The highest BCUT2D eigenvalue weighted by Gasteiger charge is 2.12. The number of thioether (sulfide) groups is 1. The van der Waals surface area contributed by atoms with Crippen molar-refractivity contribution in [1.29, 1.82) is 0 Å². The summed E-state index contributed by atoms with van der Waals surface area (Å²) < 4.78 is 3.71. The van der Waals surface area contributed by atoms with Gasteiger partial charge in [0.2, 0.25) is 0 Å². The lowest BCUT2D eigenvalue weighted by molar-refractivity contribution is 0.102. The van der Waals surface area contributed by atoms with Gasteiger partial charge < -0.3 is 10.3 Å². The predicted octanol–water partition coefficient (Wildman–Crippen LogP) is 5.63. The molecule has 3 aromatic carbocycles. The molecule has 0 saturated heterocycles. The molecule has 5 aromatic rings. The standard InChI is InChI=1S/C23H16N4O2S3/c1-31-23-26-17-10-8-14(12-19(17)32-23)24-20(28)13-7-9-16-18(11-13)25-22(30)27(21(16)29)15-5-3-2-4-6-15/h2-12H,1H3,(H,24,28)(H,25,30). The molecule has 32 heavy (non-hydrogen) atoms. The summed E-state index contributed by atoms with van der Waals surface area (Å²) in [7, 11) is 0. The first-order valence-corrected chi connectivity index (χ1v) is 12.1. The van der Waals surface area contributed by atoms with E-state index in [1.807, 2.05) is 54.8 Å². The second-order valence-corrected chi connectivity index (χ2v) is 9.46. The molecule has 0 unspecified atom stereocenters. The maximum absolute atomic E-state index is 13.0. The van der Waals surface area contributed by atoms with Gasteiger partial charge in [0.1, 0.15) is 0 Å². The molecular weight excluding hydrogens is 460 g/mol. The fourth-order valence-corrected chi connectivity index (χ4v) is 5.27. The minimum atomic E-state index is -0.271. The number of carbonyl (C=O) groups is 1. The van der Waals surface area contributed by atoms with Gasteiger partial charge in [-0.05, 0) is 67.0 Å². The Kier molecular flexibility index (Phi) is 5.38. The Morgan fingerprint density at radius 1 is 1.12 bits per heavy atom. The first-order chi connectivity index (χ1) is 15.5. The quantitative estimate of drug-likeness (QED) is 0.259. The molecule has 158 valence electrons. The molecule has 0 aliphatic rings. The van der Waals surface area contributed by atoms with Crippen molar-refractivity contribution >= 4 is 68.0 Å². The Bertz CT molecular complexity index is 1600. The van der Waals surface area contributed by atoms with Gasteiger partial charge in [-0.15, -0.1) is 11.3 Å². The van der Waals surface area contributed by atoms with Crippen LogP contribution < -0.4 is 10.9 Å². The Labute approximate surface area is 196 Å². The Morgan fingerprint density at radius 3 is 2.72 bits per heavy atom. The average Bonchev–Trinajstić information content (AvgIpc) is 3.22. The van der Waals surface area contributed by atoms with Crippen molar-refractivity contribution in [3.05, 3.63) is 87.4 Å². The highest BCUT2D eigenvalue weighted by atomic mass is 32.2. The van der Waals surface area contributed by atoms with Crippen LogP contribution in [-0.2, 0) is 0 Å². The van der Waals surface area contributed by atoms with Crippen molar-refractivity contribution in [2.24, 2.45) is 0 Å². The molecule has 0 aliphatic carbocycles. The number of carbonyl (C=O) groups excluding carboxylic acids is 1. The second kappa shape index (κ2) is 8.34. The van der Waals surface area contributed by atoms with Crippen LogP contribution in [-0.4, -0.2) is 26.7 Å². The smallest absolute Gasteiger partial charge is 0.266 e. The zero-order chi connectivity index (χ0) is 22.2. The number of para-hydroxylation sites is 1. The van der Waals surface area contributed by atoms with Crippen LogP contribution in [0.5, 0.6) is 0 Å². The number of benzene rings is 3. The number of hydrogen-bond acceptors (Lipinski definition) is 6. The fourth-order valence-electron chi connectivity index (χ4n) is 3.44. The van der Waals surface area contributed by atoms with Crippen molar-refractivity contribution in [3.63, 3.8) is 0 Å². The molecular formula is C23H16N4O2S3. The zero-order valence-electron chi connectivity index (χ0n) is 16.8. The minimum absolute atomic E-state index is 0.234. The topological polar surface area (TPSA) is 79.8 Å². The molecule has 0 radical (unpaired) electrons. The Morgan fingerprint density at radius 2 is 1.94 bits per heavy atom. The van der Waals surface area contributed by atoms with E-state index < -0.39 is 0 Å². The van der Waals surface area contributed by atoms with Crippen LogP contribution in [0.1, 0.15) is 10.4 Å². The SMILES string of the molecule is CSc1nc2ccc(NC(=O)c3ccc4c(=O)n(-c5ccccc5)c(=S)[nH]c4c3)cc2s1. The van der Waals surface area contributed by atoms with E-state index in [2.05, 4.69) is 15.3 Å². The fraction of sp³-hybridized carbons (Fsp3) is 0.0435. The van der Waals surface area contributed by atoms with E-state index in [4.69, 9.17) is 12.2 Å². The molecule has 6 nitrogen and oxygen atoms in total. The number of amides is 1. The van der Waals surface area contributed by atoms with Crippen LogP contribution >= 0.6 is 35.3 Å². The highest BCUT2D eigenvalue weighted by Crippen LogP contribution is 2.30. The van der Waals surface area contributed by atoms with E-state index in [9.17, 15) is 9.59 Å². The summed E-state index contributed by atoms with van der Waals surface area (Å²) in [5.41, 5.74) is 2.99. The van der Waals surface area contributed by atoms with Crippen LogP contribution in [0, 0.1) is 4.77 Å². The molecule has 2 heterocycles. The number of aromatic nitrogens is 3. The van der Waals surface area contributed by atoms with Crippen LogP contribution in [0.3, 0.4) is 0 Å². The number of anilines is 1. The van der Waals surface area contributed by atoms with Gasteiger partial charge >= 0.3 is 0 Å². The average molecular weight is 477 g/mol. The largest absolute Gasteiger partial charge is 0.331 e. The summed E-state index contributed by atoms with van der Waals surface area (Å²) in [4.78, 5) is 33.5. The number of rotatable bonds is 4. The third kappa shape index (κ3) is 3.75. The van der Waals surface area contributed by atoms with E-state index in [0.717, 1.165) is 14.6 Å². The second-order valence-electron chi connectivity index (χ2n) is 6.99. The minimum Gasteiger partial charge on any atom is -0.331 e. The van der Waals surface area contributed by atoms with E-state index >= 15 is 0 Å². The molecule has 2 aromatic heterocycles. The molecule has 2 N–H and O–H groups in total. The van der Waals surface area contributed by atoms with Gasteiger partial charge in [-0.3, -0.25) is 14.2 Å². The van der Waals surface area contributed by atoms with Gasteiger partial charge in [0.15, 0.2) is 9.11 Å². The van der Waals surface area contributed by atoms with Crippen molar-refractivity contribution in [2.45, 2.75) is 4.34 Å².